The number of rotatable bonds is 5. The molecule has 1 aliphatic heterocycles. The molecule has 0 fully saturated rings. The Balaban J connectivity index is 1.92. The van der Waals surface area contributed by atoms with Crippen molar-refractivity contribution < 1.29 is 63.8 Å². The van der Waals surface area contributed by atoms with Gasteiger partial charge in [0, 0.05) is 17.7 Å². The molecule has 1 aliphatic rings. The zero-order valence-corrected chi connectivity index (χ0v) is 21.5. The normalized spacial score (nSPS) is 14.4. The number of aromatic carboxylic acids is 2. The molecule has 0 amide bonds. The molecule has 0 radical (unpaired) electrons. The van der Waals surface area contributed by atoms with Crippen molar-refractivity contribution in [1.82, 2.24) is 0 Å². The third-order valence-electron chi connectivity index (χ3n) is 6.97. The highest BCUT2D eigenvalue weighted by Crippen LogP contribution is 2.45. The van der Waals surface area contributed by atoms with Crippen LogP contribution in [0.3, 0.4) is 0 Å². The summed E-state index contributed by atoms with van der Waals surface area (Å²) in [6.07, 6.45) is 0. The number of phenolic OH excluding ortho intramolecular Hbond substituents is 2. The van der Waals surface area contributed by atoms with Gasteiger partial charge in [0.05, 0.1) is 27.8 Å². The molecule has 0 spiro atoms. The van der Waals surface area contributed by atoms with Crippen molar-refractivity contribution in [2.75, 3.05) is 6.61 Å². The predicted octanol–water partition coefficient (Wildman–Crippen LogP) is 2.93. The van der Waals surface area contributed by atoms with Crippen molar-refractivity contribution in [3.63, 3.8) is 0 Å². The second kappa shape index (κ2) is 9.33. The van der Waals surface area contributed by atoms with Crippen molar-refractivity contribution in [1.29, 1.82) is 0 Å². The fraction of sp³-hybridized carbons (Fsp3) is 0.143. The summed E-state index contributed by atoms with van der Waals surface area (Å²) in [6, 6.07) is 2.55. The van der Waals surface area contributed by atoms with E-state index in [1.165, 1.54) is 0 Å². The van der Waals surface area contributed by atoms with E-state index in [9.17, 15) is 59.4 Å². The van der Waals surface area contributed by atoms with Gasteiger partial charge in [0.15, 0.2) is 40.3 Å². The lowest BCUT2D eigenvalue weighted by molar-refractivity contribution is 0.0677. The number of Topliss-reactive ketones (excluding diaryl/α,β-unsaturated/α-hetero) is 3. The molecule has 0 aliphatic carbocycles. The number of aromatic hydroxyl groups is 4. The molecule has 1 unspecified atom stereocenters. The highest BCUT2D eigenvalue weighted by atomic mass is 16.5. The lowest BCUT2D eigenvalue weighted by atomic mass is 9.79. The maximum atomic E-state index is 13.8. The number of carboxylic acids is 2. The molecule has 0 bridgehead atoms. The number of ketones is 3. The summed E-state index contributed by atoms with van der Waals surface area (Å²) >= 11 is 0. The van der Waals surface area contributed by atoms with Crippen LogP contribution in [0.1, 0.15) is 77.1 Å². The molecule has 0 saturated carbocycles. The van der Waals surface area contributed by atoms with E-state index >= 15 is 0 Å². The molecule has 214 valence electrons. The number of hydrogen-bond acceptors (Lipinski definition) is 12. The molecule has 0 saturated heterocycles. The number of ether oxygens (including phenoxy) is 1. The SMILES string of the molecule is CC(=O)c1cc2c(=O)c3c(C(=O)O)c(O)c(O)cc3oc2c(C(C)=O)c1C1COc2cc(O)c(O)c(C(=O)O)c2C1=O. The van der Waals surface area contributed by atoms with Gasteiger partial charge in [-0.25, -0.2) is 9.59 Å². The molecule has 5 rings (SSSR count). The zero-order valence-electron chi connectivity index (χ0n) is 21.5. The van der Waals surface area contributed by atoms with Gasteiger partial charge < -0.3 is 39.8 Å². The van der Waals surface area contributed by atoms with Gasteiger partial charge >= 0.3 is 11.9 Å². The Kier molecular flexibility index (Phi) is 6.14. The fourth-order valence-electron chi connectivity index (χ4n) is 5.19. The largest absolute Gasteiger partial charge is 0.504 e. The first-order valence-corrected chi connectivity index (χ1v) is 11.9. The van der Waals surface area contributed by atoms with Gasteiger partial charge in [0.2, 0.25) is 5.43 Å². The summed E-state index contributed by atoms with van der Waals surface area (Å²) in [5, 5.41) is 58.4. The Morgan fingerprint density at radius 3 is 1.98 bits per heavy atom. The lowest BCUT2D eigenvalue weighted by Gasteiger charge is -2.28. The number of fused-ring (bicyclic) bond motifs is 3. The van der Waals surface area contributed by atoms with Crippen molar-refractivity contribution in [3.05, 3.63) is 61.8 Å². The number of benzene rings is 3. The van der Waals surface area contributed by atoms with E-state index in [1.807, 2.05) is 0 Å². The lowest BCUT2D eigenvalue weighted by Crippen LogP contribution is -2.31. The minimum absolute atomic E-state index is 0.300. The number of phenols is 4. The van der Waals surface area contributed by atoms with Crippen LogP contribution in [-0.4, -0.2) is 66.5 Å². The fourth-order valence-corrected chi connectivity index (χ4v) is 5.19. The molecular weight excluding hydrogens is 560 g/mol. The summed E-state index contributed by atoms with van der Waals surface area (Å²) in [5.74, 6) is -12.2. The zero-order chi connectivity index (χ0) is 30.9. The highest BCUT2D eigenvalue weighted by molar-refractivity contribution is 6.18. The second-order valence-corrected chi connectivity index (χ2v) is 9.46. The molecular formula is C28H18O14. The summed E-state index contributed by atoms with van der Waals surface area (Å²) in [6.45, 7) is 1.51. The standard InChI is InChI=1S/C28H18O14/c1-7(29)9-3-10-22(33)19-15(5-13(32)25(36)21(19)28(39)40)42-26(10)16(8(2)30)17(9)11-6-41-14-4-12(31)24(35)20(27(37)38)18(14)23(11)34/h3-5,11,31-32,35-36H,6H2,1-2H3,(H,37,38)(H,39,40). The van der Waals surface area contributed by atoms with E-state index in [-0.39, 0.29) is 16.9 Å². The average molecular weight is 578 g/mol. The number of hydrogen-bond donors (Lipinski definition) is 6. The van der Waals surface area contributed by atoms with Gasteiger partial charge in [0.25, 0.3) is 0 Å². The predicted molar refractivity (Wildman–Crippen MR) is 140 cm³/mol. The Bertz CT molecular complexity index is 2030. The Labute approximate surface area is 232 Å². The van der Waals surface area contributed by atoms with E-state index in [2.05, 4.69) is 0 Å². The first-order chi connectivity index (χ1) is 19.7. The number of carboxylic acid groups (broad SMARTS) is 2. The minimum Gasteiger partial charge on any atom is -0.504 e. The second-order valence-electron chi connectivity index (χ2n) is 9.46. The quantitative estimate of drug-likeness (QED) is 0.113. The van der Waals surface area contributed by atoms with Crippen LogP contribution in [0.2, 0.25) is 0 Å². The van der Waals surface area contributed by atoms with Crippen LogP contribution in [0.5, 0.6) is 28.7 Å². The van der Waals surface area contributed by atoms with Crippen molar-refractivity contribution in [2.45, 2.75) is 19.8 Å². The van der Waals surface area contributed by atoms with Crippen LogP contribution in [0.25, 0.3) is 21.9 Å². The van der Waals surface area contributed by atoms with Crippen LogP contribution in [0, 0.1) is 0 Å². The minimum atomic E-state index is -1.79. The van der Waals surface area contributed by atoms with E-state index in [1.54, 1.807) is 0 Å². The summed E-state index contributed by atoms with van der Waals surface area (Å²) in [7, 11) is 0. The van der Waals surface area contributed by atoms with E-state index in [0.29, 0.717) is 0 Å². The molecule has 3 aromatic carbocycles. The van der Waals surface area contributed by atoms with Gasteiger partial charge in [-0.3, -0.25) is 19.2 Å². The van der Waals surface area contributed by atoms with Crippen LogP contribution in [0.4, 0.5) is 0 Å². The molecule has 2 heterocycles. The average Bonchev–Trinajstić information content (AvgIpc) is 2.89. The first kappa shape index (κ1) is 27.6. The maximum absolute atomic E-state index is 13.8. The Morgan fingerprint density at radius 2 is 1.40 bits per heavy atom. The van der Waals surface area contributed by atoms with Crippen molar-refractivity contribution in [3.8, 4) is 28.7 Å². The molecule has 1 atom stereocenters. The molecule has 6 N–H and O–H groups in total. The molecule has 14 heteroatoms. The molecule has 4 aromatic rings. The number of carbonyl (C=O) groups is 5. The van der Waals surface area contributed by atoms with Gasteiger partial charge in [0.1, 0.15) is 34.6 Å². The van der Waals surface area contributed by atoms with Gasteiger partial charge in [-0.05, 0) is 25.5 Å². The molecule has 1 aromatic heterocycles. The molecule has 42 heavy (non-hydrogen) atoms. The molecule has 14 nitrogen and oxygen atoms in total. The summed E-state index contributed by atoms with van der Waals surface area (Å²) in [4.78, 5) is 77.1. The smallest absolute Gasteiger partial charge is 0.340 e. The number of carbonyl (C=O) groups excluding carboxylic acids is 3. The Morgan fingerprint density at radius 1 is 0.810 bits per heavy atom. The van der Waals surface area contributed by atoms with Crippen LogP contribution >= 0.6 is 0 Å². The van der Waals surface area contributed by atoms with Gasteiger partial charge in [-0.2, -0.15) is 0 Å². The topological polar surface area (TPSA) is 246 Å². The summed E-state index contributed by atoms with van der Waals surface area (Å²) < 4.78 is 11.3. The maximum Gasteiger partial charge on any atom is 0.340 e. The first-order valence-electron chi connectivity index (χ1n) is 11.9. The van der Waals surface area contributed by atoms with Gasteiger partial charge in [-0.1, -0.05) is 0 Å². The van der Waals surface area contributed by atoms with Crippen LogP contribution in [-0.2, 0) is 0 Å². The van der Waals surface area contributed by atoms with E-state index in [4.69, 9.17) is 9.15 Å². The van der Waals surface area contributed by atoms with E-state index < -0.39 is 114 Å². The third kappa shape index (κ3) is 3.80. The third-order valence-corrected chi connectivity index (χ3v) is 6.97. The van der Waals surface area contributed by atoms with Crippen molar-refractivity contribution in [2.24, 2.45) is 0 Å². The van der Waals surface area contributed by atoms with Crippen molar-refractivity contribution >= 4 is 51.2 Å². The van der Waals surface area contributed by atoms with E-state index in [0.717, 1.165) is 32.0 Å². The van der Waals surface area contributed by atoms with Gasteiger partial charge in [-0.15, -0.1) is 0 Å². The van der Waals surface area contributed by atoms with Crippen LogP contribution < -0.4 is 10.2 Å². The highest BCUT2D eigenvalue weighted by Gasteiger charge is 2.41. The summed E-state index contributed by atoms with van der Waals surface area (Å²) in [5.41, 5.74) is -5.87. The monoisotopic (exact) mass is 578 g/mol. The van der Waals surface area contributed by atoms with Crippen LogP contribution in [0.15, 0.2) is 27.4 Å². The Hall–Kier alpha value is -5.92.